The molecule has 0 aliphatic rings. The van der Waals surface area contributed by atoms with Crippen LogP contribution in [0.2, 0.25) is 0 Å². The predicted octanol–water partition coefficient (Wildman–Crippen LogP) is 4.52. The number of hydrogen-bond acceptors (Lipinski definition) is 6. The van der Waals surface area contributed by atoms with Gasteiger partial charge in [-0.05, 0) is 30.7 Å². The smallest absolute Gasteiger partial charge is 0.226 e. The Labute approximate surface area is 163 Å². The van der Waals surface area contributed by atoms with Crippen LogP contribution in [0.25, 0.3) is 0 Å². The highest BCUT2D eigenvalue weighted by Gasteiger charge is 2.12. The Morgan fingerprint density at radius 2 is 1.85 bits per heavy atom. The van der Waals surface area contributed by atoms with Crippen LogP contribution in [0, 0.1) is 0 Å². The Morgan fingerprint density at radius 3 is 2.48 bits per heavy atom. The summed E-state index contributed by atoms with van der Waals surface area (Å²) in [6.45, 7) is 4.25. The number of carbonyl (C=O) groups is 3. The first-order chi connectivity index (χ1) is 13.0. The molecule has 7 heteroatoms. The van der Waals surface area contributed by atoms with Crippen molar-refractivity contribution in [1.29, 1.82) is 0 Å². The van der Waals surface area contributed by atoms with Gasteiger partial charge in [-0.1, -0.05) is 31.1 Å². The van der Waals surface area contributed by atoms with E-state index in [0.717, 1.165) is 36.3 Å². The third kappa shape index (κ3) is 6.94. The predicted molar refractivity (Wildman–Crippen MR) is 106 cm³/mol. The van der Waals surface area contributed by atoms with Gasteiger partial charge in [0, 0.05) is 25.3 Å². The van der Waals surface area contributed by atoms with E-state index >= 15 is 0 Å². The molecular formula is C20H24N2O4S. The topological polar surface area (TPSA) is 85.4 Å². The normalized spacial score (nSPS) is 10.4. The van der Waals surface area contributed by atoms with E-state index in [1.54, 1.807) is 24.3 Å². The van der Waals surface area contributed by atoms with Gasteiger partial charge in [0.2, 0.25) is 5.91 Å². The first-order valence-electron chi connectivity index (χ1n) is 9.02. The van der Waals surface area contributed by atoms with Gasteiger partial charge in [-0.2, -0.15) is 0 Å². The second-order valence-corrected chi connectivity index (χ2v) is 7.17. The number of carbonyl (C=O) groups excluding carboxylic acids is 3. The van der Waals surface area contributed by atoms with E-state index in [2.05, 4.69) is 17.2 Å². The molecule has 0 fully saturated rings. The summed E-state index contributed by atoms with van der Waals surface area (Å²) in [5.74, 6) is 0.237. The number of benzene rings is 1. The van der Waals surface area contributed by atoms with Crippen LogP contribution in [0.3, 0.4) is 0 Å². The first-order valence-corrected chi connectivity index (χ1v) is 9.84. The second-order valence-electron chi connectivity index (χ2n) is 6.14. The summed E-state index contributed by atoms with van der Waals surface area (Å²) in [7, 11) is 0. The Hall–Kier alpha value is -2.54. The van der Waals surface area contributed by atoms with E-state index < -0.39 is 0 Å². The van der Waals surface area contributed by atoms with Gasteiger partial charge in [0.25, 0.3) is 0 Å². The number of unbranched alkanes of at least 4 members (excludes halogenated alkanes) is 2. The third-order valence-corrected chi connectivity index (χ3v) is 4.88. The van der Waals surface area contributed by atoms with E-state index in [0.29, 0.717) is 22.2 Å². The lowest BCUT2D eigenvalue weighted by atomic mass is 10.1. The molecule has 0 saturated heterocycles. The van der Waals surface area contributed by atoms with Crippen LogP contribution in [0.4, 0.5) is 5.13 Å². The Morgan fingerprint density at radius 1 is 1.11 bits per heavy atom. The van der Waals surface area contributed by atoms with Crippen molar-refractivity contribution in [3.05, 3.63) is 40.9 Å². The summed E-state index contributed by atoms with van der Waals surface area (Å²) in [5, 5.41) is 2.97. The van der Waals surface area contributed by atoms with Crippen molar-refractivity contribution in [2.75, 3.05) is 11.9 Å². The minimum Gasteiger partial charge on any atom is -0.494 e. The molecular weight excluding hydrogens is 364 g/mol. The van der Waals surface area contributed by atoms with Gasteiger partial charge in [-0.15, -0.1) is 0 Å². The molecule has 1 heterocycles. The number of hydrogen-bond donors (Lipinski definition) is 1. The summed E-state index contributed by atoms with van der Waals surface area (Å²) >= 11 is 1.12. The van der Waals surface area contributed by atoms with E-state index in [1.807, 2.05) is 0 Å². The number of ketones is 2. The van der Waals surface area contributed by atoms with Gasteiger partial charge in [0.05, 0.1) is 17.7 Å². The molecule has 0 unspecified atom stereocenters. The molecule has 1 amide bonds. The number of Topliss-reactive ketones (excluding diaryl/α,β-unsaturated/α-hetero) is 2. The van der Waals surface area contributed by atoms with Crippen LogP contribution >= 0.6 is 11.3 Å². The molecule has 0 saturated carbocycles. The fraction of sp³-hybridized carbons (Fsp3) is 0.400. The SMILES string of the molecule is CCCCCOc1ccc(C(=O)CCC(=O)Nc2ncc(C(C)=O)s2)cc1. The van der Waals surface area contributed by atoms with Gasteiger partial charge in [-0.25, -0.2) is 4.98 Å². The van der Waals surface area contributed by atoms with Gasteiger partial charge in [0.1, 0.15) is 5.75 Å². The summed E-state index contributed by atoms with van der Waals surface area (Å²) in [6.07, 6.45) is 4.88. The maximum absolute atomic E-state index is 12.2. The molecule has 0 atom stereocenters. The van der Waals surface area contributed by atoms with Crippen LogP contribution in [0.1, 0.15) is 66.0 Å². The van der Waals surface area contributed by atoms with Crippen LogP contribution in [0.5, 0.6) is 5.75 Å². The van der Waals surface area contributed by atoms with Crippen molar-refractivity contribution < 1.29 is 19.1 Å². The largest absolute Gasteiger partial charge is 0.494 e. The number of rotatable bonds is 11. The molecule has 1 aromatic carbocycles. The lowest BCUT2D eigenvalue weighted by Crippen LogP contribution is -2.13. The number of thiazole rings is 1. The highest BCUT2D eigenvalue weighted by Crippen LogP contribution is 2.19. The van der Waals surface area contributed by atoms with E-state index in [4.69, 9.17) is 4.74 Å². The first kappa shape index (κ1) is 20.8. The highest BCUT2D eigenvalue weighted by atomic mass is 32.1. The quantitative estimate of drug-likeness (QED) is 0.452. The zero-order valence-electron chi connectivity index (χ0n) is 15.6. The highest BCUT2D eigenvalue weighted by molar-refractivity contribution is 7.17. The maximum Gasteiger partial charge on any atom is 0.226 e. The fourth-order valence-corrected chi connectivity index (χ4v) is 3.05. The fourth-order valence-electron chi connectivity index (χ4n) is 2.33. The monoisotopic (exact) mass is 388 g/mol. The lowest BCUT2D eigenvalue weighted by Gasteiger charge is -2.07. The summed E-state index contributed by atoms with van der Waals surface area (Å²) in [6, 6.07) is 6.99. The Bertz CT molecular complexity index is 784. The Kier molecular flexibility index (Phi) is 8.13. The number of nitrogens with one attached hydrogen (secondary N) is 1. The third-order valence-electron chi connectivity index (χ3n) is 3.87. The van der Waals surface area contributed by atoms with E-state index in [1.165, 1.54) is 13.1 Å². The van der Waals surface area contributed by atoms with Gasteiger partial charge in [0.15, 0.2) is 16.7 Å². The molecule has 0 bridgehead atoms. The van der Waals surface area contributed by atoms with Crippen LogP contribution in [-0.4, -0.2) is 29.1 Å². The molecule has 0 aliphatic carbocycles. The minimum absolute atomic E-state index is 0.0586. The molecule has 0 spiro atoms. The molecule has 2 aromatic rings. The van der Waals surface area contributed by atoms with Crippen molar-refractivity contribution in [2.24, 2.45) is 0 Å². The van der Waals surface area contributed by atoms with Gasteiger partial charge >= 0.3 is 0 Å². The summed E-state index contributed by atoms with van der Waals surface area (Å²) in [5.41, 5.74) is 0.553. The molecule has 6 nitrogen and oxygen atoms in total. The molecule has 0 aliphatic heterocycles. The Balaban J connectivity index is 1.77. The molecule has 144 valence electrons. The molecule has 0 radical (unpaired) electrons. The second kappa shape index (κ2) is 10.6. The van der Waals surface area contributed by atoms with Crippen molar-refractivity contribution in [1.82, 2.24) is 4.98 Å². The standard InChI is InChI=1S/C20H24N2O4S/c1-3-4-5-12-26-16-8-6-15(7-9-16)17(24)10-11-19(25)22-20-21-13-18(27-20)14(2)23/h6-9,13H,3-5,10-12H2,1-2H3,(H,21,22,25). The number of anilines is 1. The average molecular weight is 388 g/mol. The summed E-state index contributed by atoms with van der Waals surface area (Å²) in [4.78, 5) is 39.9. The number of amides is 1. The van der Waals surface area contributed by atoms with Gasteiger partial charge < -0.3 is 10.1 Å². The van der Waals surface area contributed by atoms with Crippen molar-refractivity contribution in [3.8, 4) is 5.75 Å². The van der Waals surface area contributed by atoms with Crippen LogP contribution < -0.4 is 10.1 Å². The van der Waals surface area contributed by atoms with Crippen LogP contribution in [-0.2, 0) is 4.79 Å². The maximum atomic E-state index is 12.2. The van der Waals surface area contributed by atoms with Crippen molar-refractivity contribution in [2.45, 2.75) is 46.0 Å². The molecule has 1 N–H and O–H groups in total. The van der Waals surface area contributed by atoms with E-state index in [-0.39, 0.29) is 30.3 Å². The zero-order chi connectivity index (χ0) is 19.6. The molecule has 2 rings (SSSR count). The lowest BCUT2D eigenvalue weighted by molar-refractivity contribution is -0.116. The van der Waals surface area contributed by atoms with E-state index in [9.17, 15) is 14.4 Å². The average Bonchev–Trinajstić information content (AvgIpc) is 3.12. The minimum atomic E-state index is -0.302. The van der Waals surface area contributed by atoms with Gasteiger partial charge in [-0.3, -0.25) is 14.4 Å². The molecule has 27 heavy (non-hydrogen) atoms. The van der Waals surface area contributed by atoms with Crippen LogP contribution in [0.15, 0.2) is 30.5 Å². The summed E-state index contributed by atoms with van der Waals surface area (Å²) < 4.78 is 5.62. The number of nitrogens with zero attached hydrogens (tertiary/aromatic N) is 1. The van der Waals surface area contributed by atoms with Crippen molar-refractivity contribution in [3.63, 3.8) is 0 Å². The number of ether oxygens (including phenoxy) is 1. The number of aromatic nitrogens is 1. The molecule has 1 aromatic heterocycles. The van der Waals surface area contributed by atoms with Crippen molar-refractivity contribution >= 4 is 33.9 Å². The zero-order valence-corrected chi connectivity index (χ0v) is 16.4.